The van der Waals surface area contributed by atoms with E-state index in [1.54, 1.807) is 18.4 Å². The third kappa shape index (κ3) is 5.53. The van der Waals surface area contributed by atoms with Gasteiger partial charge >= 0.3 is 0 Å². The number of aliphatic imine (C=N–C) groups is 1. The number of nitrogens with one attached hydrogen (secondary N) is 2. The molecule has 2 aromatic heterocycles. The number of benzene rings is 1. The van der Waals surface area contributed by atoms with Crippen LogP contribution in [0.2, 0.25) is 0 Å². The summed E-state index contributed by atoms with van der Waals surface area (Å²) >= 11 is 1.73. The Labute approximate surface area is 174 Å². The Balaban J connectivity index is 0.00000243. The fourth-order valence-corrected chi connectivity index (χ4v) is 3.13. The van der Waals surface area contributed by atoms with Crippen molar-refractivity contribution in [3.05, 3.63) is 64.4 Å². The minimum absolute atomic E-state index is 0. The molecular weight excluding hydrogens is 459 g/mol. The van der Waals surface area contributed by atoms with Gasteiger partial charge in [-0.3, -0.25) is 4.99 Å². The molecule has 0 atom stereocenters. The first-order chi connectivity index (χ1) is 12.3. The second-order valence-corrected chi connectivity index (χ2v) is 6.64. The molecule has 0 bridgehead atoms. The lowest BCUT2D eigenvalue weighted by Crippen LogP contribution is -2.36. The second kappa shape index (κ2) is 10.3. The number of hydrogen-bond acceptors (Lipinski definition) is 4. The van der Waals surface area contributed by atoms with E-state index in [9.17, 15) is 0 Å². The maximum absolute atomic E-state index is 4.58. The molecule has 0 spiro atoms. The van der Waals surface area contributed by atoms with Crippen LogP contribution in [0.4, 0.5) is 0 Å². The number of para-hydroxylation sites is 1. The summed E-state index contributed by atoms with van der Waals surface area (Å²) in [5, 5.41) is 12.2. The van der Waals surface area contributed by atoms with Gasteiger partial charge in [-0.15, -0.1) is 35.3 Å². The van der Waals surface area contributed by atoms with E-state index < -0.39 is 0 Å². The number of halogens is 1. The molecule has 8 heteroatoms. The first-order valence-electron chi connectivity index (χ1n) is 8.26. The van der Waals surface area contributed by atoms with Crippen molar-refractivity contribution in [3.63, 3.8) is 0 Å². The molecule has 3 aromatic rings. The van der Waals surface area contributed by atoms with E-state index in [1.807, 2.05) is 53.5 Å². The van der Waals surface area contributed by atoms with Crippen LogP contribution in [0.15, 0.2) is 53.8 Å². The maximum Gasteiger partial charge on any atom is 0.191 e. The summed E-state index contributed by atoms with van der Waals surface area (Å²) in [6, 6.07) is 12.1. The normalized spacial score (nSPS) is 11.1. The number of rotatable bonds is 6. The third-order valence-corrected chi connectivity index (χ3v) is 4.82. The highest BCUT2D eigenvalue weighted by Gasteiger charge is 2.05. The van der Waals surface area contributed by atoms with Gasteiger partial charge in [0.2, 0.25) is 0 Å². The van der Waals surface area contributed by atoms with Crippen LogP contribution in [0, 0.1) is 0 Å². The molecule has 2 heterocycles. The summed E-state index contributed by atoms with van der Waals surface area (Å²) in [4.78, 5) is 9.95. The Kier molecular flexibility index (Phi) is 8.05. The van der Waals surface area contributed by atoms with Gasteiger partial charge in [0.1, 0.15) is 5.01 Å². The van der Waals surface area contributed by atoms with E-state index in [0.717, 1.165) is 28.8 Å². The average Bonchev–Trinajstić information content (AvgIpc) is 3.32. The zero-order valence-corrected chi connectivity index (χ0v) is 18.0. The van der Waals surface area contributed by atoms with Crippen molar-refractivity contribution < 1.29 is 0 Å². The lowest BCUT2D eigenvalue weighted by Gasteiger charge is -2.09. The Bertz CT molecular complexity index is 827. The molecule has 3 rings (SSSR count). The molecule has 6 nitrogen and oxygen atoms in total. The van der Waals surface area contributed by atoms with E-state index in [1.165, 1.54) is 4.88 Å². The quantitative estimate of drug-likeness (QED) is 0.321. The highest BCUT2D eigenvalue weighted by molar-refractivity contribution is 14.0. The standard InChI is InChI=1S/C18H22N6S.HI/c1-3-16-12-20-17(25-16)13-22-18(19-2)21-11-14-9-10-24(23-14)15-7-5-4-6-8-15;/h4-10,12H,3,11,13H2,1-2H3,(H2,19,21,22);1H. The van der Waals surface area contributed by atoms with Crippen LogP contribution in [0.1, 0.15) is 22.5 Å². The Morgan fingerprint density at radius 3 is 2.62 bits per heavy atom. The smallest absolute Gasteiger partial charge is 0.191 e. The minimum Gasteiger partial charge on any atom is -0.351 e. The number of aromatic nitrogens is 3. The van der Waals surface area contributed by atoms with Crippen LogP contribution in [0.3, 0.4) is 0 Å². The van der Waals surface area contributed by atoms with Crippen molar-refractivity contribution in [2.75, 3.05) is 7.05 Å². The van der Waals surface area contributed by atoms with E-state index in [2.05, 4.69) is 32.6 Å². The van der Waals surface area contributed by atoms with E-state index in [4.69, 9.17) is 0 Å². The van der Waals surface area contributed by atoms with Gasteiger partial charge in [-0.05, 0) is 24.6 Å². The summed E-state index contributed by atoms with van der Waals surface area (Å²) in [6.07, 6.45) is 4.92. The fourth-order valence-electron chi connectivity index (χ4n) is 2.33. The predicted molar refractivity (Wildman–Crippen MR) is 118 cm³/mol. The van der Waals surface area contributed by atoms with Crippen LogP contribution >= 0.6 is 35.3 Å². The lowest BCUT2D eigenvalue weighted by atomic mass is 10.3. The molecule has 0 aliphatic rings. The molecule has 0 radical (unpaired) electrons. The molecule has 0 saturated carbocycles. The second-order valence-electron chi connectivity index (χ2n) is 5.44. The number of aryl methyl sites for hydroxylation is 1. The first-order valence-corrected chi connectivity index (χ1v) is 9.08. The monoisotopic (exact) mass is 482 g/mol. The van der Waals surface area contributed by atoms with Gasteiger partial charge in [-0.25, -0.2) is 9.67 Å². The summed E-state index contributed by atoms with van der Waals surface area (Å²) in [5.74, 6) is 0.738. The summed E-state index contributed by atoms with van der Waals surface area (Å²) < 4.78 is 1.87. The Hall–Kier alpha value is -1.94. The molecular formula is C18H23IN6S. The summed E-state index contributed by atoms with van der Waals surface area (Å²) in [6.45, 7) is 3.42. The van der Waals surface area contributed by atoms with Crippen LogP contribution in [-0.4, -0.2) is 27.8 Å². The molecule has 0 aliphatic carbocycles. The molecule has 26 heavy (non-hydrogen) atoms. The van der Waals surface area contributed by atoms with E-state index >= 15 is 0 Å². The highest BCUT2D eigenvalue weighted by atomic mass is 127. The maximum atomic E-state index is 4.58. The van der Waals surface area contributed by atoms with Crippen molar-refractivity contribution in [2.24, 2.45) is 4.99 Å². The highest BCUT2D eigenvalue weighted by Crippen LogP contribution is 2.12. The number of guanidine groups is 1. The molecule has 138 valence electrons. The lowest BCUT2D eigenvalue weighted by molar-refractivity contribution is 0.766. The molecule has 0 amide bonds. The molecule has 0 fully saturated rings. The fraction of sp³-hybridized carbons (Fsp3) is 0.278. The largest absolute Gasteiger partial charge is 0.351 e. The van der Waals surface area contributed by atoms with Crippen LogP contribution < -0.4 is 10.6 Å². The van der Waals surface area contributed by atoms with Gasteiger partial charge in [-0.2, -0.15) is 5.10 Å². The number of thiazole rings is 1. The average molecular weight is 482 g/mol. The molecule has 2 N–H and O–H groups in total. The molecule has 1 aromatic carbocycles. The summed E-state index contributed by atoms with van der Waals surface area (Å²) in [7, 11) is 1.76. The molecule has 0 saturated heterocycles. The topological polar surface area (TPSA) is 67.1 Å². The van der Waals surface area contributed by atoms with Crippen molar-refractivity contribution in [1.29, 1.82) is 0 Å². The predicted octanol–water partition coefficient (Wildman–Crippen LogP) is 3.37. The number of nitrogens with zero attached hydrogens (tertiary/aromatic N) is 4. The first kappa shape index (κ1) is 20.4. The zero-order valence-electron chi connectivity index (χ0n) is 14.8. The Morgan fingerprint density at radius 2 is 1.92 bits per heavy atom. The third-order valence-electron chi connectivity index (χ3n) is 3.68. The van der Waals surface area contributed by atoms with Crippen molar-refractivity contribution in [2.45, 2.75) is 26.4 Å². The van der Waals surface area contributed by atoms with Crippen molar-refractivity contribution in [1.82, 2.24) is 25.4 Å². The van der Waals surface area contributed by atoms with Crippen LogP contribution in [0.5, 0.6) is 0 Å². The van der Waals surface area contributed by atoms with Gasteiger partial charge in [0.05, 0.1) is 24.5 Å². The van der Waals surface area contributed by atoms with E-state index in [-0.39, 0.29) is 24.0 Å². The van der Waals surface area contributed by atoms with Crippen LogP contribution in [0.25, 0.3) is 5.69 Å². The molecule has 0 unspecified atom stereocenters. The van der Waals surface area contributed by atoms with Crippen molar-refractivity contribution in [3.8, 4) is 5.69 Å². The van der Waals surface area contributed by atoms with Gasteiger partial charge in [0.15, 0.2) is 5.96 Å². The van der Waals surface area contributed by atoms with Gasteiger partial charge in [-0.1, -0.05) is 25.1 Å². The number of hydrogen-bond donors (Lipinski definition) is 2. The van der Waals surface area contributed by atoms with Gasteiger partial charge in [0, 0.05) is 24.3 Å². The van der Waals surface area contributed by atoms with Crippen LogP contribution in [-0.2, 0) is 19.5 Å². The molecule has 0 aliphatic heterocycles. The van der Waals surface area contributed by atoms with E-state index in [0.29, 0.717) is 13.1 Å². The van der Waals surface area contributed by atoms with Crippen molar-refractivity contribution >= 4 is 41.3 Å². The van der Waals surface area contributed by atoms with Gasteiger partial charge < -0.3 is 10.6 Å². The minimum atomic E-state index is 0. The SMILES string of the molecule is CCc1cnc(CNC(=NC)NCc2ccn(-c3ccccc3)n2)s1.I. The Morgan fingerprint density at radius 1 is 1.15 bits per heavy atom. The van der Waals surface area contributed by atoms with Gasteiger partial charge in [0.25, 0.3) is 0 Å². The zero-order chi connectivity index (χ0) is 17.5. The summed E-state index contributed by atoms with van der Waals surface area (Å²) in [5.41, 5.74) is 2.00.